The molecule has 0 fully saturated rings. The Kier molecular flexibility index (Phi) is 4.85. The number of benzene rings is 1. The first-order valence-corrected chi connectivity index (χ1v) is 5.05. The smallest absolute Gasteiger partial charge is 0.251 e. The van der Waals surface area contributed by atoms with E-state index < -0.39 is 0 Å². The molecule has 0 spiro atoms. The highest BCUT2D eigenvalue weighted by atomic mass is 16.1. The molecule has 2 amide bonds. The topological polar surface area (TPSA) is 84.2 Å². The van der Waals surface area contributed by atoms with Crippen molar-refractivity contribution in [3.05, 3.63) is 29.8 Å². The molecule has 0 aromatic heterocycles. The van der Waals surface area contributed by atoms with Gasteiger partial charge in [-0.3, -0.25) is 9.59 Å². The molecule has 0 bridgehead atoms. The molecule has 1 aromatic rings. The van der Waals surface area contributed by atoms with E-state index >= 15 is 0 Å². The summed E-state index contributed by atoms with van der Waals surface area (Å²) in [4.78, 5) is 21.5. The van der Waals surface area contributed by atoms with Crippen LogP contribution in [0.15, 0.2) is 24.3 Å². The van der Waals surface area contributed by atoms with Gasteiger partial charge in [0.25, 0.3) is 5.91 Å². The van der Waals surface area contributed by atoms with Gasteiger partial charge in [0, 0.05) is 24.3 Å². The van der Waals surface area contributed by atoms with Gasteiger partial charge >= 0.3 is 0 Å². The maximum atomic E-state index is 11.6. The van der Waals surface area contributed by atoms with E-state index in [9.17, 15) is 9.59 Å². The Labute approximate surface area is 94.0 Å². The van der Waals surface area contributed by atoms with Crippen molar-refractivity contribution in [3.8, 4) is 0 Å². The molecule has 86 valence electrons. The summed E-state index contributed by atoms with van der Waals surface area (Å²) in [6, 6.07) is 6.79. The van der Waals surface area contributed by atoms with Crippen molar-refractivity contribution >= 4 is 18.0 Å². The number of carbonyl (C=O) groups excluding carboxylic acids is 2. The number of carbonyl (C=O) groups is 2. The molecule has 16 heavy (non-hydrogen) atoms. The van der Waals surface area contributed by atoms with Crippen LogP contribution in [-0.2, 0) is 4.79 Å². The Hall–Kier alpha value is -2.04. The Bertz CT molecular complexity index is 366. The van der Waals surface area contributed by atoms with Crippen molar-refractivity contribution in [2.45, 2.75) is 6.42 Å². The molecule has 0 atom stereocenters. The standard InChI is InChI=1S/C11H15N3O2/c12-10-4-1-3-9(7-10)11(16)14-6-2-5-13-8-15/h1,3-4,7-8H,2,5-6,12H2,(H,13,15)(H,14,16). The summed E-state index contributed by atoms with van der Waals surface area (Å²) in [6.07, 6.45) is 1.34. The Balaban J connectivity index is 2.32. The lowest BCUT2D eigenvalue weighted by Crippen LogP contribution is -2.27. The van der Waals surface area contributed by atoms with Gasteiger partial charge in [-0.25, -0.2) is 0 Å². The highest BCUT2D eigenvalue weighted by Crippen LogP contribution is 2.05. The number of hydrogen-bond donors (Lipinski definition) is 3. The van der Waals surface area contributed by atoms with Crippen LogP contribution in [0, 0.1) is 0 Å². The summed E-state index contributed by atoms with van der Waals surface area (Å²) in [5.41, 5.74) is 6.67. The van der Waals surface area contributed by atoms with E-state index in [0.717, 1.165) is 0 Å². The molecule has 5 nitrogen and oxygen atoms in total. The predicted octanol–water partition coefficient (Wildman–Crippen LogP) is 0.135. The number of anilines is 1. The summed E-state index contributed by atoms with van der Waals surface area (Å²) in [5.74, 6) is -0.154. The lowest BCUT2D eigenvalue weighted by Gasteiger charge is -2.05. The van der Waals surface area contributed by atoms with E-state index in [1.165, 1.54) is 0 Å². The minimum atomic E-state index is -0.154. The van der Waals surface area contributed by atoms with Crippen LogP contribution >= 0.6 is 0 Å². The zero-order valence-electron chi connectivity index (χ0n) is 8.90. The number of hydrogen-bond acceptors (Lipinski definition) is 3. The molecule has 0 heterocycles. The van der Waals surface area contributed by atoms with Crippen molar-refractivity contribution in [3.63, 3.8) is 0 Å². The lowest BCUT2D eigenvalue weighted by atomic mass is 10.2. The van der Waals surface area contributed by atoms with Crippen LogP contribution in [0.3, 0.4) is 0 Å². The number of nitrogen functional groups attached to an aromatic ring is 1. The van der Waals surface area contributed by atoms with E-state index in [4.69, 9.17) is 5.73 Å². The molecule has 0 unspecified atom stereocenters. The molecule has 4 N–H and O–H groups in total. The van der Waals surface area contributed by atoms with Gasteiger partial charge in [0.2, 0.25) is 6.41 Å². The van der Waals surface area contributed by atoms with Crippen molar-refractivity contribution in [1.29, 1.82) is 0 Å². The molecule has 0 aliphatic rings. The van der Waals surface area contributed by atoms with Crippen LogP contribution < -0.4 is 16.4 Å². The van der Waals surface area contributed by atoms with Gasteiger partial charge < -0.3 is 16.4 Å². The maximum absolute atomic E-state index is 11.6. The van der Waals surface area contributed by atoms with Gasteiger partial charge in [0.15, 0.2) is 0 Å². The molecule has 5 heteroatoms. The average molecular weight is 221 g/mol. The van der Waals surface area contributed by atoms with E-state index in [1.807, 2.05) is 0 Å². The first-order chi connectivity index (χ1) is 7.74. The second kappa shape index (κ2) is 6.44. The summed E-state index contributed by atoms with van der Waals surface area (Å²) < 4.78 is 0. The highest BCUT2D eigenvalue weighted by molar-refractivity contribution is 5.94. The fourth-order valence-electron chi connectivity index (χ4n) is 1.23. The normalized spacial score (nSPS) is 9.50. The Morgan fingerprint density at radius 1 is 1.38 bits per heavy atom. The van der Waals surface area contributed by atoms with Gasteiger partial charge in [-0.2, -0.15) is 0 Å². The number of amides is 2. The zero-order valence-corrected chi connectivity index (χ0v) is 8.90. The fourth-order valence-corrected chi connectivity index (χ4v) is 1.23. The highest BCUT2D eigenvalue weighted by Gasteiger charge is 2.03. The van der Waals surface area contributed by atoms with Crippen LogP contribution in [-0.4, -0.2) is 25.4 Å². The van der Waals surface area contributed by atoms with E-state index in [0.29, 0.717) is 37.2 Å². The van der Waals surface area contributed by atoms with Gasteiger partial charge in [0.05, 0.1) is 0 Å². The third kappa shape index (κ3) is 4.00. The molecule has 0 radical (unpaired) electrons. The predicted molar refractivity (Wildman–Crippen MR) is 61.9 cm³/mol. The van der Waals surface area contributed by atoms with Crippen molar-refractivity contribution in [1.82, 2.24) is 10.6 Å². The first kappa shape index (κ1) is 12.0. The molecule has 1 aromatic carbocycles. The van der Waals surface area contributed by atoms with Crippen LogP contribution in [0.2, 0.25) is 0 Å². The van der Waals surface area contributed by atoms with Crippen molar-refractivity contribution in [2.24, 2.45) is 0 Å². The van der Waals surface area contributed by atoms with E-state index in [1.54, 1.807) is 24.3 Å². The van der Waals surface area contributed by atoms with Gasteiger partial charge in [0.1, 0.15) is 0 Å². The van der Waals surface area contributed by atoms with Crippen LogP contribution in [0.5, 0.6) is 0 Å². The SMILES string of the molecule is Nc1cccc(C(=O)NCCCNC=O)c1. The van der Waals surface area contributed by atoms with Crippen LogP contribution in [0.25, 0.3) is 0 Å². The van der Waals surface area contributed by atoms with Gasteiger partial charge in [-0.1, -0.05) is 6.07 Å². The molecule has 0 saturated heterocycles. The number of rotatable bonds is 6. The largest absolute Gasteiger partial charge is 0.399 e. The maximum Gasteiger partial charge on any atom is 0.251 e. The first-order valence-electron chi connectivity index (χ1n) is 5.05. The van der Waals surface area contributed by atoms with Crippen LogP contribution in [0.4, 0.5) is 5.69 Å². The lowest BCUT2D eigenvalue weighted by molar-refractivity contribution is -0.109. The quantitative estimate of drug-likeness (QED) is 0.363. The second-order valence-electron chi connectivity index (χ2n) is 3.31. The minimum absolute atomic E-state index is 0.154. The molecular weight excluding hydrogens is 206 g/mol. The Morgan fingerprint density at radius 3 is 2.88 bits per heavy atom. The monoisotopic (exact) mass is 221 g/mol. The molecule has 0 aliphatic heterocycles. The minimum Gasteiger partial charge on any atom is -0.399 e. The molecule has 1 rings (SSSR count). The van der Waals surface area contributed by atoms with Gasteiger partial charge in [-0.05, 0) is 24.6 Å². The van der Waals surface area contributed by atoms with Crippen LogP contribution in [0.1, 0.15) is 16.8 Å². The van der Waals surface area contributed by atoms with E-state index in [-0.39, 0.29) is 5.91 Å². The van der Waals surface area contributed by atoms with Crippen molar-refractivity contribution < 1.29 is 9.59 Å². The third-order valence-corrected chi connectivity index (χ3v) is 2.02. The number of nitrogens with one attached hydrogen (secondary N) is 2. The Morgan fingerprint density at radius 2 is 2.19 bits per heavy atom. The molecule has 0 aliphatic carbocycles. The molecule has 0 saturated carbocycles. The average Bonchev–Trinajstić information content (AvgIpc) is 2.28. The van der Waals surface area contributed by atoms with Gasteiger partial charge in [-0.15, -0.1) is 0 Å². The molecular formula is C11H15N3O2. The second-order valence-corrected chi connectivity index (χ2v) is 3.31. The zero-order chi connectivity index (χ0) is 11.8. The fraction of sp³-hybridized carbons (Fsp3) is 0.273. The summed E-state index contributed by atoms with van der Waals surface area (Å²) in [6.45, 7) is 1.08. The third-order valence-electron chi connectivity index (χ3n) is 2.02. The summed E-state index contributed by atoms with van der Waals surface area (Å²) >= 11 is 0. The summed E-state index contributed by atoms with van der Waals surface area (Å²) in [7, 11) is 0. The number of nitrogens with two attached hydrogens (primary N) is 1. The van der Waals surface area contributed by atoms with Crippen molar-refractivity contribution in [2.75, 3.05) is 18.8 Å². The van der Waals surface area contributed by atoms with E-state index in [2.05, 4.69) is 10.6 Å². The summed E-state index contributed by atoms with van der Waals surface area (Å²) in [5, 5.41) is 5.25.